The van der Waals surface area contributed by atoms with E-state index in [1.54, 1.807) is 0 Å². The highest BCUT2D eigenvalue weighted by molar-refractivity contribution is 5.98. The lowest BCUT2D eigenvalue weighted by Gasteiger charge is -2.25. The molecule has 0 unspecified atom stereocenters. The van der Waals surface area contributed by atoms with Crippen LogP contribution in [0.1, 0.15) is 44.0 Å². The molecule has 0 fully saturated rings. The third-order valence-corrected chi connectivity index (χ3v) is 2.92. The Balaban J connectivity index is 3.25. The monoisotopic (exact) mass is 236 g/mol. The van der Waals surface area contributed by atoms with E-state index in [4.69, 9.17) is 15.9 Å². The highest BCUT2D eigenvalue weighted by atomic mass is 16.5. The van der Waals surface area contributed by atoms with Crippen LogP contribution in [0, 0.1) is 19.3 Å². The van der Waals surface area contributed by atoms with Crippen molar-refractivity contribution in [2.24, 2.45) is 5.73 Å². The van der Waals surface area contributed by atoms with Crippen LogP contribution in [-0.4, -0.2) is 21.6 Å². The van der Waals surface area contributed by atoms with Crippen molar-refractivity contribution in [1.29, 1.82) is 5.41 Å². The quantitative estimate of drug-likeness (QED) is 0.618. The molecule has 0 aliphatic heterocycles. The van der Waals surface area contributed by atoms with E-state index in [9.17, 15) is 0 Å². The number of hydrogen-bond donors (Lipinski definition) is 2. The maximum absolute atomic E-state index is 7.61. The molecular weight excluding hydrogens is 216 g/mol. The summed E-state index contributed by atoms with van der Waals surface area (Å²) in [4.78, 5) is 0. The molecule has 1 rings (SSSR count). The normalized spacial score (nSPS) is 11.4. The number of rotatable bonds is 4. The Morgan fingerprint density at radius 1 is 1.35 bits per heavy atom. The first-order valence-electron chi connectivity index (χ1n) is 5.65. The molecule has 0 aliphatic rings. The molecule has 1 aromatic rings. The molecule has 5 nitrogen and oxygen atoms in total. The van der Waals surface area contributed by atoms with Gasteiger partial charge in [0.15, 0.2) is 0 Å². The van der Waals surface area contributed by atoms with Crippen molar-refractivity contribution in [3.05, 3.63) is 16.8 Å². The van der Waals surface area contributed by atoms with Crippen molar-refractivity contribution in [2.75, 3.05) is 0 Å². The van der Waals surface area contributed by atoms with Crippen molar-refractivity contribution in [1.82, 2.24) is 10.2 Å². The van der Waals surface area contributed by atoms with Crippen molar-refractivity contribution < 1.29 is 4.74 Å². The van der Waals surface area contributed by atoms with Crippen molar-refractivity contribution in [3.8, 4) is 5.88 Å². The second kappa shape index (κ2) is 4.69. The van der Waals surface area contributed by atoms with Gasteiger partial charge in [0.1, 0.15) is 11.4 Å². The molecule has 0 saturated carbocycles. The van der Waals surface area contributed by atoms with Crippen LogP contribution in [0.3, 0.4) is 0 Å². The largest absolute Gasteiger partial charge is 0.470 e. The van der Waals surface area contributed by atoms with Crippen molar-refractivity contribution in [2.45, 2.75) is 46.6 Å². The number of hydrogen-bond acceptors (Lipinski definition) is 4. The van der Waals surface area contributed by atoms with Gasteiger partial charge in [0.2, 0.25) is 5.88 Å². The molecule has 0 aromatic carbocycles. The minimum atomic E-state index is -0.347. The Hall–Kier alpha value is -1.65. The molecule has 0 bridgehead atoms. The summed E-state index contributed by atoms with van der Waals surface area (Å²) in [7, 11) is 0. The molecule has 1 heterocycles. The maximum Gasteiger partial charge on any atom is 0.245 e. The lowest BCUT2D eigenvalue weighted by molar-refractivity contribution is 0.0971. The van der Waals surface area contributed by atoms with Crippen LogP contribution in [0.25, 0.3) is 0 Å². The summed E-state index contributed by atoms with van der Waals surface area (Å²) in [5, 5.41) is 15.6. The molecule has 1 aromatic heterocycles. The van der Waals surface area contributed by atoms with Crippen LogP contribution in [0.2, 0.25) is 0 Å². The van der Waals surface area contributed by atoms with Gasteiger partial charge < -0.3 is 10.5 Å². The van der Waals surface area contributed by atoms with E-state index in [0.29, 0.717) is 11.4 Å². The zero-order valence-corrected chi connectivity index (χ0v) is 11.1. The van der Waals surface area contributed by atoms with Gasteiger partial charge >= 0.3 is 0 Å². The molecule has 0 radical (unpaired) electrons. The molecule has 0 aliphatic carbocycles. The van der Waals surface area contributed by atoms with Crippen LogP contribution in [0.5, 0.6) is 5.88 Å². The van der Waals surface area contributed by atoms with Gasteiger partial charge in [-0.15, -0.1) is 5.10 Å². The van der Waals surface area contributed by atoms with Crippen LogP contribution in [0.15, 0.2) is 0 Å². The molecule has 0 saturated heterocycles. The highest BCUT2D eigenvalue weighted by Crippen LogP contribution is 2.25. The second-order valence-corrected chi connectivity index (χ2v) is 4.72. The lowest BCUT2D eigenvalue weighted by atomic mass is 10.1. The van der Waals surface area contributed by atoms with Gasteiger partial charge in [-0.3, -0.25) is 5.41 Å². The molecule has 0 amide bonds. The number of nitrogens with two attached hydrogens (primary N) is 1. The molecule has 17 heavy (non-hydrogen) atoms. The smallest absolute Gasteiger partial charge is 0.245 e. The molecule has 0 atom stereocenters. The van der Waals surface area contributed by atoms with Crippen molar-refractivity contribution >= 4 is 5.84 Å². The van der Waals surface area contributed by atoms with Crippen LogP contribution in [-0.2, 0) is 0 Å². The summed E-state index contributed by atoms with van der Waals surface area (Å²) >= 11 is 0. The maximum atomic E-state index is 7.61. The third kappa shape index (κ3) is 2.93. The van der Waals surface area contributed by atoms with Gasteiger partial charge in [0.25, 0.3) is 0 Å². The van der Waals surface area contributed by atoms with Gasteiger partial charge in [-0.25, -0.2) is 0 Å². The van der Waals surface area contributed by atoms with E-state index in [1.165, 1.54) is 0 Å². The fourth-order valence-corrected chi connectivity index (χ4v) is 1.31. The Kier molecular flexibility index (Phi) is 3.70. The van der Waals surface area contributed by atoms with E-state index in [0.717, 1.165) is 17.7 Å². The first kappa shape index (κ1) is 13.4. The standard InChI is InChI=1S/C12H20N4O/c1-6-12(4,5)17-11-9(10(13)14)7(2)8(3)15-16-11/h6H2,1-5H3,(H3,13,14). The van der Waals surface area contributed by atoms with Gasteiger partial charge in [-0.1, -0.05) is 6.92 Å². The van der Waals surface area contributed by atoms with Gasteiger partial charge in [-0.05, 0) is 39.7 Å². The first-order valence-corrected chi connectivity index (χ1v) is 5.65. The Bertz CT molecular complexity index is 440. The highest BCUT2D eigenvalue weighted by Gasteiger charge is 2.22. The Morgan fingerprint density at radius 3 is 2.41 bits per heavy atom. The number of aryl methyl sites for hydroxylation is 1. The van der Waals surface area contributed by atoms with E-state index in [-0.39, 0.29) is 11.4 Å². The zero-order chi connectivity index (χ0) is 13.2. The minimum absolute atomic E-state index is 0.0394. The minimum Gasteiger partial charge on any atom is -0.470 e. The first-order chi connectivity index (χ1) is 7.78. The predicted molar refractivity (Wildman–Crippen MR) is 67.5 cm³/mol. The van der Waals surface area contributed by atoms with Crippen LogP contribution >= 0.6 is 0 Å². The van der Waals surface area contributed by atoms with E-state index < -0.39 is 0 Å². The zero-order valence-electron chi connectivity index (χ0n) is 11.1. The molecule has 0 spiro atoms. The molecule has 3 N–H and O–H groups in total. The average Bonchev–Trinajstić information content (AvgIpc) is 2.23. The summed E-state index contributed by atoms with van der Waals surface area (Å²) < 4.78 is 5.78. The SMILES string of the molecule is CCC(C)(C)Oc1nnc(C)c(C)c1C(=N)N. The van der Waals surface area contributed by atoms with E-state index in [2.05, 4.69) is 10.2 Å². The number of nitrogens with one attached hydrogen (secondary N) is 1. The van der Waals surface area contributed by atoms with E-state index >= 15 is 0 Å². The Labute approximate surface area is 102 Å². The van der Waals surface area contributed by atoms with Crippen molar-refractivity contribution in [3.63, 3.8) is 0 Å². The average molecular weight is 236 g/mol. The van der Waals surface area contributed by atoms with Crippen LogP contribution in [0.4, 0.5) is 0 Å². The number of nitrogens with zero attached hydrogens (tertiary/aromatic N) is 2. The molecule has 5 heteroatoms. The lowest BCUT2D eigenvalue weighted by Crippen LogP contribution is -2.29. The Morgan fingerprint density at radius 2 is 1.94 bits per heavy atom. The topological polar surface area (TPSA) is 84.9 Å². The van der Waals surface area contributed by atoms with Crippen LogP contribution < -0.4 is 10.5 Å². The molecule has 94 valence electrons. The summed E-state index contributed by atoms with van der Waals surface area (Å²) in [6.07, 6.45) is 0.832. The van der Waals surface area contributed by atoms with Gasteiger partial charge in [0, 0.05) is 0 Å². The van der Waals surface area contributed by atoms with Gasteiger partial charge in [0.05, 0.1) is 11.3 Å². The van der Waals surface area contributed by atoms with E-state index in [1.807, 2.05) is 34.6 Å². The predicted octanol–water partition coefficient (Wildman–Crippen LogP) is 1.94. The number of ether oxygens (including phenoxy) is 1. The summed E-state index contributed by atoms with van der Waals surface area (Å²) in [6, 6.07) is 0. The number of aromatic nitrogens is 2. The molecular formula is C12H20N4O. The summed E-state index contributed by atoms with van der Waals surface area (Å²) in [5.74, 6) is 0.301. The number of amidine groups is 1. The third-order valence-electron chi connectivity index (χ3n) is 2.92. The fourth-order valence-electron chi connectivity index (χ4n) is 1.31. The van der Waals surface area contributed by atoms with Gasteiger partial charge in [-0.2, -0.15) is 5.10 Å². The summed E-state index contributed by atoms with van der Waals surface area (Å²) in [5.41, 5.74) is 7.38. The summed E-state index contributed by atoms with van der Waals surface area (Å²) in [6.45, 7) is 9.67. The number of nitrogen functional groups attached to an aromatic ring is 1. The second-order valence-electron chi connectivity index (χ2n) is 4.72. The fraction of sp³-hybridized carbons (Fsp3) is 0.583.